The lowest BCUT2D eigenvalue weighted by Gasteiger charge is -2.04. The van der Waals surface area contributed by atoms with E-state index >= 15 is 0 Å². The standard InChI is InChI=1S/C13H16ClN3OS/c1-8-7-19-12(11(8)14)13(18)15-5-3-4-10-6-16-17-9(10)2/h6-7H,3-5H2,1-2H3,(H,15,18)(H,16,17). The number of amides is 1. The van der Waals surface area contributed by atoms with Crippen molar-refractivity contribution in [2.45, 2.75) is 26.7 Å². The third-order valence-corrected chi connectivity index (χ3v) is 4.64. The molecule has 0 aliphatic carbocycles. The number of rotatable bonds is 5. The highest BCUT2D eigenvalue weighted by molar-refractivity contribution is 7.13. The maximum atomic E-state index is 11.9. The van der Waals surface area contributed by atoms with Crippen LogP contribution in [0, 0.1) is 13.8 Å². The summed E-state index contributed by atoms with van der Waals surface area (Å²) >= 11 is 7.44. The molecule has 2 rings (SSSR count). The van der Waals surface area contributed by atoms with Gasteiger partial charge in [-0.2, -0.15) is 5.10 Å². The van der Waals surface area contributed by atoms with Gasteiger partial charge in [-0.25, -0.2) is 0 Å². The van der Waals surface area contributed by atoms with Crippen molar-refractivity contribution < 1.29 is 4.79 Å². The molecule has 0 aromatic carbocycles. The zero-order chi connectivity index (χ0) is 13.8. The zero-order valence-corrected chi connectivity index (χ0v) is 12.5. The Morgan fingerprint density at radius 2 is 2.32 bits per heavy atom. The highest BCUT2D eigenvalue weighted by atomic mass is 35.5. The van der Waals surface area contributed by atoms with Gasteiger partial charge < -0.3 is 5.32 Å². The monoisotopic (exact) mass is 297 g/mol. The summed E-state index contributed by atoms with van der Waals surface area (Å²) in [6.45, 7) is 4.53. The summed E-state index contributed by atoms with van der Waals surface area (Å²) < 4.78 is 0. The molecule has 0 bridgehead atoms. The van der Waals surface area contributed by atoms with E-state index in [4.69, 9.17) is 11.6 Å². The van der Waals surface area contributed by atoms with Crippen molar-refractivity contribution in [3.63, 3.8) is 0 Å². The molecule has 2 aromatic rings. The Hall–Kier alpha value is -1.33. The summed E-state index contributed by atoms with van der Waals surface area (Å²) in [6.07, 6.45) is 3.62. The Kier molecular flexibility index (Phi) is 4.61. The van der Waals surface area contributed by atoms with Crippen molar-refractivity contribution in [1.82, 2.24) is 15.5 Å². The smallest absolute Gasteiger partial charge is 0.262 e. The lowest BCUT2D eigenvalue weighted by molar-refractivity contribution is 0.0957. The molecule has 1 amide bonds. The van der Waals surface area contributed by atoms with E-state index in [2.05, 4.69) is 15.5 Å². The molecule has 0 saturated heterocycles. The van der Waals surface area contributed by atoms with E-state index in [1.807, 2.05) is 25.4 Å². The summed E-state index contributed by atoms with van der Waals surface area (Å²) in [5.41, 5.74) is 3.23. The first-order valence-electron chi connectivity index (χ1n) is 6.10. The fourth-order valence-electron chi connectivity index (χ4n) is 1.77. The molecule has 2 heterocycles. The number of nitrogens with zero attached hydrogens (tertiary/aromatic N) is 1. The van der Waals surface area contributed by atoms with Crippen LogP contribution in [0.4, 0.5) is 0 Å². The van der Waals surface area contributed by atoms with Crippen LogP contribution in [0.2, 0.25) is 5.02 Å². The Bertz CT molecular complexity index is 576. The van der Waals surface area contributed by atoms with Crippen molar-refractivity contribution in [3.05, 3.63) is 38.3 Å². The largest absolute Gasteiger partial charge is 0.351 e. The number of aryl methyl sites for hydroxylation is 3. The van der Waals surface area contributed by atoms with Crippen LogP contribution in [0.15, 0.2) is 11.6 Å². The van der Waals surface area contributed by atoms with E-state index in [-0.39, 0.29) is 5.91 Å². The average Bonchev–Trinajstić information content (AvgIpc) is 2.93. The second kappa shape index (κ2) is 6.21. The number of thiophene rings is 1. The first-order valence-corrected chi connectivity index (χ1v) is 7.36. The molecule has 19 heavy (non-hydrogen) atoms. The number of hydrogen-bond acceptors (Lipinski definition) is 3. The van der Waals surface area contributed by atoms with Gasteiger partial charge >= 0.3 is 0 Å². The third kappa shape index (κ3) is 3.36. The van der Waals surface area contributed by atoms with Crippen LogP contribution in [0.1, 0.15) is 32.9 Å². The van der Waals surface area contributed by atoms with E-state index in [9.17, 15) is 4.79 Å². The normalized spacial score (nSPS) is 10.7. The van der Waals surface area contributed by atoms with Crippen molar-refractivity contribution in [3.8, 4) is 0 Å². The van der Waals surface area contributed by atoms with Crippen molar-refractivity contribution in [1.29, 1.82) is 0 Å². The Balaban J connectivity index is 1.79. The van der Waals surface area contributed by atoms with Gasteiger partial charge in [0.05, 0.1) is 11.2 Å². The summed E-state index contributed by atoms with van der Waals surface area (Å²) in [5, 5.41) is 12.2. The Morgan fingerprint density at radius 1 is 1.53 bits per heavy atom. The zero-order valence-electron chi connectivity index (χ0n) is 10.9. The molecule has 0 aliphatic rings. The molecule has 0 fully saturated rings. The van der Waals surface area contributed by atoms with Gasteiger partial charge in [-0.15, -0.1) is 11.3 Å². The molecule has 4 nitrogen and oxygen atoms in total. The number of carbonyl (C=O) groups is 1. The first kappa shape index (κ1) is 14.1. The SMILES string of the molecule is Cc1csc(C(=O)NCCCc2cn[nH]c2C)c1Cl. The van der Waals surface area contributed by atoms with Crippen LogP contribution < -0.4 is 5.32 Å². The highest BCUT2D eigenvalue weighted by Crippen LogP contribution is 2.26. The molecule has 0 aliphatic heterocycles. The number of nitrogens with one attached hydrogen (secondary N) is 2. The van der Waals surface area contributed by atoms with Crippen LogP contribution in [0.25, 0.3) is 0 Å². The average molecular weight is 298 g/mol. The van der Waals surface area contributed by atoms with E-state index in [1.165, 1.54) is 16.9 Å². The number of hydrogen-bond donors (Lipinski definition) is 2. The summed E-state index contributed by atoms with van der Waals surface area (Å²) in [5.74, 6) is -0.0907. The minimum atomic E-state index is -0.0907. The summed E-state index contributed by atoms with van der Waals surface area (Å²) in [6, 6.07) is 0. The van der Waals surface area contributed by atoms with Gasteiger partial charge in [-0.1, -0.05) is 11.6 Å². The molecule has 0 saturated carbocycles. The predicted octanol–water partition coefficient (Wildman–Crippen LogP) is 3.10. The lowest BCUT2D eigenvalue weighted by atomic mass is 10.1. The van der Waals surface area contributed by atoms with Crippen LogP contribution in [0.5, 0.6) is 0 Å². The number of aromatic nitrogens is 2. The summed E-state index contributed by atoms with van der Waals surface area (Å²) in [4.78, 5) is 12.5. The predicted molar refractivity (Wildman–Crippen MR) is 78.0 cm³/mol. The maximum Gasteiger partial charge on any atom is 0.262 e. The number of aromatic amines is 1. The van der Waals surface area contributed by atoms with Gasteiger partial charge in [0.2, 0.25) is 0 Å². The summed E-state index contributed by atoms with van der Waals surface area (Å²) in [7, 11) is 0. The van der Waals surface area contributed by atoms with Gasteiger partial charge in [0.25, 0.3) is 5.91 Å². The lowest BCUT2D eigenvalue weighted by Crippen LogP contribution is -2.24. The highest BCUT2D eigenvalue weighted by Gasteiger charge is 2.13. The van der Waals surface area contributed by atoms with Gasteiger partial charge in [-0.3, -0.25) is 9.89 Å². The molecular weight excluding hydrogens is 282 g/mol. The van der Waals surface area contributed by atoms with Gasteiger partial charge in [0.1, 0.15) is 4.88 Å². The van der Waals surface area contributed by atoms with Gasteiger partial charge in [0, 0.05) is 12.2 Å². The minimum absolute atomic E-state index is 0.0907. The van der Waals surface area contributed by atoms with E-state index in [0.717, 1.165) is 24.1 Å². The second-order valence-electron chi connectivity index (χ2n) is 4.44. The third-order valence-electron chi connectivity index (χ3n) is 2.95. The van der Waals surface area contributed by atoms with Crippen molar-refractivity contribution in [2.75, 3.05) is 6.54 Å². The van der Waals surface area contributed by atoms with Gasteiger partial charge in [0.15, 0.2) is 0 Å². The molecule has 2 aromatic heterocycles. The van der Waals surface area contributed by atoms with E-state index in [1.54, 1.807) is 0 Å². The van der Waals surface area contributed by atoms with Gasteiger partial charge in [-0.05, 0) is 43.2 Å². The van der Waals surface area contributed by atoms with E-state index < -0.39 is 0 Å². The number of H-pyrrole nitrogens is 1. The van der Waals surface area contributed by atoms with Crippen LogP contribution in [0.3, 0.4) is 0 Å². The quantitative estimate of drug-likeness (QED) is 0.833. The molecule has 2 N–H and O–H groups in total. The minimum Gasteiger partial charge on any atom is -0.351 e. The van der Waals surface area contributed by atoms with Crippen molar-refractivity contribution >= 4 is 28.8 Å². The van der Waals surface area contributed by atoms with Crippen LogP contribution >= 0.6 is 22.9 Å². The first-order chi connectivity index (χ1) is 9.09. The van der Waals surface area contributed by atoms with E-state index in [0.29, 0.717) is 16.4 Å². The fraction of sp³-hybridized carbons (Fsp3) is 0.385. The molecule has 6 heteroatoms. The Morgan fingerprint density at radius 3 is 2.89 bits per heavy atom. The van der Waals surface area contributed by atoms with Crippen LogP contribution in [-0.4, -0.2) is 22.6 Å². The van der Waals surface area contributed by atoms with Crippen LogP contribution in [-0.2, 0) is 6.42 Å². The molecule has 102 valence electrons. The molecule has 0 spiro atoms. The van der Waals surface area contributed by atoms with Crippen molar-refractivity contribution in [2.24, 2.45) is 0 Å². The second-order valence-corrected chi connectivity index (χ2v) is 5.70. The molecule has 0 radical (unpaired) electrons. The molecule has 0 atom stereocenters. The molecular formula is C13H16ClN3OS. The number of halogens is 1. The Labute approximate surface area is 121 Å². The fourth-order valence-corrected chi connectivity index (χ4v) is 2.97. The topological polar surface area (TPSA) is 57.8 Å². The maximum absolute atomic E-state index is 11.9. The number of carbonyl (C=O) groups excluding carboxylic acids is 1. The molecule has 0 unspecified atom stereocenters.